The van der Waals surface area contributed by atoms with E-state index < -0.39 is 71.3 Å². The van der Waals surface area contributed by atoms with E-state index in [1.165, 1.54) is 5.32 Å². The lowest BCUT2D eigenvalue weighted by atomic mass is 9.85. The molecule has 0 saturated heterocycles. The van der Waals surface area contributed by atoms with Crippen LogP contribution in [-0.2, 0) is 16.0 Å². The Morgan fingerprint density at radius 3 is 1.19 bits per heavy atom. The predicted octanol–water partition coefficient (Wildman–Crippen LogP) is 3.81. The molecule has 0 unspecified atom stereocenters. The maximum atomic E-state index is 13.0. The van der Waals surface area contributed by atoms with Gasteiger partial charge in [0.15, 0.2) is 0 Å². The number of aliphatic carboxylic acids is 1. The molecule has 0 amide bonds. The summed E-state index contributed by atoms with van der Waals surface area (Å²) < 4.78 is 156. The lowest BCUT2D eigenvalue weighted by molar-refractivity contribution is -0.378. The van der Waals surface area contributed by atoms with Crippen molar-refractivity contribution in [2.45, 2.75) is 35.9 Å². The molecule has 0 spiro atoms. The van der Waals surface area contributed by atoms with Crippen LogP contribution in [0, 0.1) is 0 Å². The van der Waals surface area contributed by atoms with Crippen LogP contribution >= 0.6 is 0 Å². The van der Waals surface area contributed by atoms with Crippen molar-refractivity contribution in [3.8, 4) is 0 Å². The second-order valence-corrected chi connectivity index (χ2v) is 5.96. The zero-order valence-electron chi connectivity index (χ0n) is 14.2. The summed E-state index contributed by atoms with van der Waals surface area (Å²) in [4.78, 5) is 10.5. The van der Waals surface area contributed by atoms with Crippen LogP contribution in [0.2, 0.25) is 0 Å². The lowest BCUT2D eigenvalue weighted by Crippen LogP contribution is -2.55. The topological polar surface area (TPSA) is 89.8 Å². The van der Waals surface area contributed by atoms with Gasteiger partial charge in [-0.1, -0.05) is 0 Å². The van der Waals surface area contributed by atoms with Gasteiger partial charge in [-0.25, -0.2) is 0 Å². The Bertz CT molecular complexity index is 740. The van der Waals surface area contributed by atoms with Crippen LogP contribution in [0.5, 0.6) is 0 Å². The Labute approximate surface area is 162 Å². The van der Waals surface area contributed by atoms with Crippen LogP contribution in [0.4, 0.5) is 58.4 Å². The molecule has 5 nitrogen and oxygen atoms in total. The van der Waals surface area contributed by atoms with Gasteiger partial charge < -0.3 is 20.6 Å². The van der Waals surface area contributed by atoms with Crippen LogP contribution in [-0.4, -0.2) is 52.5 Å². The van der Waals surface area contributed by atoms with Gasteiger partial charge in [-0.3, -0.25) is 4.79 Å². The van der Waals surface area contributed by atoms with Gasteiger partial charge in [0.1, 0.15) is 6.54 Å². The Morgan fingerprint density at radius 2 is 0.968 bits per heavy atom. The summed E-state index contributed by atoms with van der Waals surface area (Å²) in [7, 11) is 0. The zero-order valence-corrected chi connectivity index (χ0v) is 14.2. The minimum absolute atomic E-state index is 0.361. The molecule has 0 radical (unpaired) electrons. The highest BCUT2D eigenvalue weighted by Gasteiger charge is 2.74. The fourth-order valence-corrected chi connectivity index (χ4v) is 2.30. The summed E-state index contributed by atoms with van der Waals surface area (Å²) in [6.45, 7) is -1.38. The number of halogens is 12. The number of hydrogen-bond acceptors (Lipinski definition) is 4. The molecular weight excluding hydrogens is 474 g/mol. The molecule has 17 heteroatoms. The molecule has 4 N–H and O–H groups in total. The van der Waals surface area contributed by atoms with Gasteiger partial charge in [-0.05, 0) is 18.2 Å². The molecule has 31 heavy (non-hydrogen) atoms. The molecule has 1 aromatic carbocycles. The van der Waals surface area contributed by atoms with Crippen molar-refractivity contribution in [1.29, 1.82) is 0 Å². The quantitative estimate of drug-likeness (QED) is 0.479. The van der Waals surface area contributed by atoms with E-state index >= 15 is 0 Å². The summed E-state index contributed by atoms with van der Waals surface area (Å²) in [5.41, 5.74) is -18.6. The maximum Gasteiger partial charge on any atom is 0.430 e. The van der Waals surface area contributed by atoms with E-state index in [0.717, 1.165) is 0 Å². The number of rotatable bonds is 5. The number of aliphatic hydroxyl groups is 2. The summed E-state index contributed by atoms with van der Waals surface area (Å²) >= 11 is 0. The first kappa shape index (κ1) is 26.6. The zero-order chi connectivity index (χ0) is 24.8. The summed E-state index contributed by atoms with van der Waals surface area (Å²) in [6.07, 6.45) is -26.8. The summed E-state index contributed by atoms with van der Waals surface area (Å²) in [6, 6.07) is -1.70. The van der Waals surface area contributed by atoms with E-state index in [2.05, 4.69) is 0 Å². The molecular formula is C14H9F12NO4. The summed E-state index contributed by atoms with van der Waals surface area (Å²) in [5.74, 6) is -1.87. The predicted molar refractivity (Wildman–Crippen MR) is 74.6 cm³/mol. The van der Waals surface area contributed by atoms with E-state index in [4.69, 9.17) is 5.11 Å². The number of carboxylic acids is 1. The average Bonchev–Trinajstić information content (AvgIpc) is 2.54. The molecule has 1 aromatic rings. The molecule has 0 fully saturated rings. The first-order valence-corrected chi connectivity index (χ1v) is 7.33. The molecule has 0 atom stereocenters. The fraction of sp³-hybridized carbons (Fsp3) is 0.500. The van der Waals surface area contributed by atoms with Crippen LogP contribution in [0.3, 0.4) is 0 Å². The van der Waals surface area contributed by atoms with Crippen molar-refractivity contribution in [1.82, 2.24) is 0 Å². The highest BCUT2D eigenvalue weighted by atomic mass is 19.4. The Hall–Kier alpha value is -2.43. The molecule has 0 bridgehead atoms. The molecule has 0 saturated carbocycles. The van der Waals surface area contributed by atoms with Gasteiger partial charge in [0.2, 0.25) is 0 Å². The fourth-order valence-electron chi connectivity index (χ4n) is 2.30. The minimum atomic E-state index is -6.71. The number of nitrogens with one attached hydrogen (secondary N) is 1. The molecule has 0 aliphatic heterocycles. The third-order valence-corrected chi connectivity index (χ3v) is 3.85. The van der Waals surface area contributed by atoms with Crippen LogP contribution in [0.25, 0.3) is 0 Å². The van der Waals surface area contributed by atoms with Crippen molar-refractivity contribution in [3.63, 3.8) is 0 Å². The van der Waals surface area contributed by atoms with Crippen LogP contribution < -0.4 is 5.32 Å². The van der Waals surface area contributed by atoms with Crippen molar-refractivity contribution < 1.29 is 72.8 Å². The van der Waals surface area contributed by atoms with E-state index in [-0.39, 0.29) is 12.1 Å². The average molecular weight is 483 g/mol. The van der Waals surface area contributed by atoms with Crippen molar-refractivity contribution in [2.24, 2.45) is 0 Å². The molecule has 0 aliphatic rings. The number of carbonyl (C=O) groups is 1. The number of carboxylic acid groups (broad SMARTS) is 1. The maximum absolute atomic E-state index is 13.0. The van der Waals surface area contributed by atoms with Crippen molar-refractivity contribution in [2.75, 3.05) is 11.9 Å². The third-order valence-electron chi connectivity index (χ3n) is 3.85. The van der Waals surface area contributed by atoms with Gasteiger partial charge in [0, 0.05) is 16.8 Å². The normalized spacial score (nSPS) is 14.5. The van der Waals surface area contributed by atoms with Gasteiger partial charge in [-0.15, -0.1) is 0 Å². The second-order valence-electron chi connectivity index (χ2n) is 5.96. The molecule has 0 heterocycles. The SMILES string of the molecule is O=C(O)CNc1cc(C(O)(C(F)(F)F)C(F)(F)F)cc(C(O)(C(F)(F)F)C(F)(F)F)c1. The van der Waals surface area contributed by atoms with Gasteiger partial charge >= 0.3 is 30.7 Å². The minimum Gasteiger partial charge on any atom is -0.480 e. The van der Waals surface area contributed by atoms with E-state index in [1.54, 1.807) is 0 Å². The van der Waals surface area contributed by atoms with Gasteiger partial charge in [-0.2, -0.15) is 52.7 Å². The molecule has 178 valence electrons. The van der Waals surface area contributed by atoms with E-state index in [9.17, 15) is 67.7 Å². The summed E-state index contributed by atoms with van der Waals surface area (Å²) in [5, 5.41) is 28.6. The Balaban J connectivity index is 4.04. The largest absolute Gasteiger partial charge is 0.480 e. The smallest absolute Gasteiger partial charge is 0.430 e. The first-order chi connectivity index (χ1) is 13.5. The van der Waals surface area contributed by atoms with Crippen molar-refractivity contribution in [3.05, 3.63) is 29.3 Å². The van der Waals surface area contributed by atoms with E-state index in [1.807, 2.05) is 0 Å². The number of benzene rings is 1. The third kappa shape index (κ3) is 4.60. The molecule has 0 aromatic heterocycles. The van der Waals surface area contributed by atoms with E-state index in [0.29, 0.717) is 0 Å². The standard InChI is InChI=1S/C14H9F12NO4/c15-11(16,17)9(30,12(18,19)20)5-1-6(3-7(2-5)27-4-8(28)29)10(31,13(21,22)23)14(24,25)26/h1-3,27,30-31H,4H2,(H,28,29). The molecule has 0 aliphatic carbocycles. The monoisotopic (exact) mass is 483 g/mol. The number of anilines is 1. The van der Waals surface area contributed by atoms with Gasteiger partial charge in [0.25, 0.3) is 11.2 Å². The Morgan fingerprint density at radius 1 is 0.677 bits per heavy atom. The lowest BCUT2D eigenvalue weighted by Gasteiger charge is -2.36. The van der Waals surface area contributed by atoms with Gasteiger partial charge in [0.05, 0.1) is 0 Å². The first-order valence-electron chi connectivity index (χ1n) is 7.33. The Kier molecular flexibility index (Phi) is 6.53. The highest BCUT2D eigenvalue weighted by molar-refractivity contribution is 5.73. The number of alkyl halides is 12. The second kappa shape index (κ2) is 7.61. The highest BCUT2D eigenvalue weighted by Crippen LogP contribution is 2.54. The molecule has 1 rings (SSSR count). The van der Waals surface area contributed by atoms with Crippen LogP contribution in [0.1, 0.15) is 11.1 Å². The van der Waals surface area contributed by atoms with Crippen LogP contribution in [0.15, 0.2) is 18.2 Å². The number of hydrogen-bond donors (Lipinski definition) is 4. The van der Waals surface area contributed by atoms with Crippen molar-refractivity contribution >= 4 is 11.7 Å².